The van der Waals surface area contributed by atoms with Gasteiger partial charge in [-0.2, -0.15) is 0 Å². The molecule has 0 aromatic rings. The van der Waals surface area contributed by atoms with E-state index in [4.69, 9.17) is 45.9 Å². The lowest BCUT2D eigenvalue weighted by Crippen LogP contribution is -2.91. The summed E-state index contributed by atoms with van der Waals surface area (Å²) < 4.78 is 62.5. The van der Waals surface area contributed by atoms with E-state index in [0.29, 0.717) is 0 Å². The Bertz CT molecular complexity index is 465. The highest BCUT2D eigenvalue weighted by molar-refractivity contribution is 7.01. The van der Waals surface area contributed by atoms with Crippen LogP contribution in [0.1, 0.15) is 0 Å². The molecule has 5 saturated heterocycles. The molecule has 5 aliphatic rings. The van der Waals surface area contributed by atoms with Gasteiger partial charge in [0.05, 0.1) is 0 Å². The van der Waals surface area contributed by atoms with Gasteiger partial charge in [0.15, 0.2) is 0 Å². The molecule has 27 heavy (non-hydrogen) atoms. The van der Waals surface area contributed by atoms with E-state index in [0.717, 1.165) is 0 Å². The maximum atomic E-state index is 9.98. The summed E-state index contributed by atoms with van der Waals surface area (Å²) in [6, 6.07) is 0. The van der Waals surface area contributed by atoms with Crippen LogP contribution in [0.4, 0.5) is 0 Å². The summed E-state index contributed by atoms with van der Waals surface area (Å²) in [5.41, 5.74) is 0. The fourth-order valence-corrected chi connectivity index (χ4v) is 32.6. The zero-order valence-electron chi connectivity index (χ0n) is 14.1. The van der Waals surface area contributed by atoms with Gasteiger partial charge < -0.3 is 66.3 Å². The van der Waals surface area contributed by atoms with Gasteiger partial charge in [-0.25, -0.2) is 0 Å². The summed E-state index contributed by atoms with van der Waals surface area (Å²) >= 11 is 0. The van der Waals surface area contributed by atoms with E-state index in [9.17, 15) is 20.4 Å². The number of hydrogen-bond donors (Lipinski definition) is 4. The Morgan fingerprint density at radius 3 is 0.926 bits per heavy atom. The first kappa shape index (κ1) is 21.0. The van der Waals surface area contributed by atoms with Crippen molar-refractivity contribution in [3.05, 3.63) is 0 Å². The van der Waals surface area contributed by atoms with Gasteiger partial charge in [0.1, 0.15) is 24.9 Å². The van der Waals surface area contributed by atoms with Crippen LogP contribution < -0.4 is 0 Å². The van der Waals surface area contributed by atoms with Gasteiger partial charge in [0, 0.05) is 14.2 Å². The first-order valence-electron chi connectivity index (χ1n) is 7.58. The van der Waals surface area contributed by atoms with Crippen LogP contribution >= 0.6 is 0 Å². The Labute approximate surface area is 159 Å². The minimum atomic E-state index is -4.22. The fraction of sp³-hybridized carbons (Fsp3) is 1.00. The molecule has 0 amide bonds. The quantitative estimate of drug-likeness (QED) is 0.256. The lowest BCUT2D eigenvalue weighted by Gasteiger charge is -2.59. The largest absolute Gasteiger partial charge is 0.658 e. The maximum Gasteiger partial charge on any atom is 0.658 e. The molecule has 5 rings (SSSR count). The summed E-state index contributed by atoms with van der Waals surface area (Å²) in [5.74, 6) is 0. The van der Waals surface area contributed by atoms with E-state index in [-0.39, 0.29) is 0 Å². The zero-order valence-corrected chi connectivity index (χ0v) is 20.1. The van der Waals surface area contributed by atoms with Crippen LogP contribution in [-0.4, -0.2) is 113 Å². The van der Waals surface area contributed by atoms with Crippen LogP contribution in [0.5, 0.6) is 0 Å². The molecule has 0 aliphatic carbocycles. The molecule has 0 spiro atoms. The van der Waals surface area contributed by atoms with Crippen molar-refractivity contribution in [2.75, 3.05) is 39.1 Å². The van der Waals surface area contributed by atoms with E-state index in [2.05, 4.69) is 0 Å². The Kier molecular flexibility index (Phi) is 5.12. The summed E-state index contributed by atoms with van der Waals surface area (Å²) in [4.78, 5) is 0. The first-order chi connectivity index (χ1) is 12.7. The van der Waals surface area contributed by atoms with E-state index >= 15 is 0 Å². The summed E-state index contributed by atoms with van der Waals surface area (Å²) in [6.07, 6.45) is -3.19. The van der Waals surface area contributed by atoms with Gasteiger partial charge in [-0.15, -0.1) is 0 Å². The monoisotopic (exact) mass is 498 g/mol. The molecule has 15 nitrogen and oxygen atoms in total. The lowest BCUT2D eigenvalue weighted by molar-refractivity contribution is -0.0997. The van der Waals surface area contributed by atoms with Crippen LogP contribution in [0, 0.1) is 0 Å². The molecule has 0 unspecified atom stereocenters. The van der Waals surface area contributed by atoms with Crippen molar-refractivity contribution < 1.29 is 66.3 Å². The molecule has 0 saturated carbocycles. The van der Waals surface area contributed by atoms with E-state index in [1.54, 1.807) is 0 Å². The highest BCUT2D eigenvalue weighted by Crippen LogP contribution is 2.47. The maximum absolute atomic E-state index is 9.98. The smallest absolute Gasteiger partial charge is 0.392 e. The van der Waals surface area contributed by atoms with Gasteiger partial charge in [0.25, 0.3) is 0 Å². The summed E-state index contributed by atoms with van der Waals surface area (Å²) in [6.45, 7) is 0. The molecular weight excluding hydrogens is 481 g/mol. The molecule has 5 heterocycles. The highest BCUT2D eigenvalue weighted by Gasteiger charge is 2.85. The van der Waals surface area contributed by atoms with Crippen molar-refractivity contribution in [3.63, 3.8) is 0 Å². The fourth-order valence-electron chi connectivity index (χ4n) is 2.87. The van der Waals surface area contributed by atoms with Gasteiger partial charge in [-0.1, -0.05) is 0 Å². The molecule has 5 fully saturated rings. The molecule has 0 atom stereocenters. The molecule has 4 N–H and O–H groups in total. The molecule has 6 bridgehead atoms. The average molecular weight is 499 g/mol. The zero-order chi connectivity index (χ0) is 19.6. The number of rotatable bonds is 6. The third kappa shape index (κ3) is 3.08. The van der Waals surface area contributed by atoms with Crippen molar-refractivity contribution in [1.29, 1.82) is 0 Å². The van der Waals surface area contributed by atoms with Crippen molar-refractivity contribution in [3.8, 4) is 0 Å². The minimum Gasteiger partial charge on any atom is -0.392 e. The highest BCUT2D eigenvalue weighted by atomic mass is 28.6. The predicted molar refractivity (Wildman–Crippen MR) is 86.7 cm³/mol. The van der Waals surface area contributed by atoms with Gasteiger partial charge in [0.2, 0.25) is 0 Å². The van der Waals surface area contributed by atoms with Crippen molar-refractivity contribution >= 4 is 53.3 Å². The normalized spacial score (nSPS) is 54.0. The van der Waals surface area contributed by atoms with Crippen LogP contribution in [-0.2, 0) is 45.9 Å². The molecule has 156 valence electrons. The Balaban J connectivity index is 1.95. The molecule has 5 aliphatic heterocycles. The van der Waals surface area contributed by atoms with E-state index in [1.807, 2.05) is 0 Å². The molecule has 0 radical (unpaired) electrons. The SMILES string of the molecule is CO[Si]12O[Si]3(CO)O[Si](CO)(O[Si]4(CO)O[Si](CO)(O3)O[Si](OC)(O4)O1)O2. The minimum absolute atomic E-state index is 0.798. The second-order valence-electron chi connectivity index (χ2n) is 5.69. The van der Waals surface area contributed by atoms with Crippen LogP contribution in [0.3, 0.4) is 0 Å². The van der Waals surface area contributed by atoms with Crippen LogP contribution in [0.15, 0.2) is 0 Å². The topological polar surface area (TPSA) is 182 Å². The molecule has 0 aromatic heterocycles. The van der Waals surface area contributed by atoms with Gasteiger partial charge in [-0.05, 0) is 0 Å². The summed E-state index contributed by atoms with van der Waals surface area (Å²) in [5, 5.41) is 39.9. The van der Waals surface area contributed by atoms with Crippen LogP contribution in [0.2, 0.25) is 0 Å². The number of aliphatic hydroxyl groups is 4. The molecule has 0 aromatic carbocycles. The Morgan fingerprint density at radius 2 is 0.741 bits per heavy atom. The first-order valence-corrected chi connectivity index (χ1v) is 18.6. The van der Waals surface area contributed by atoms with E-state index < -0.39 is 78.2 Å². The molecular formula is C6H18O15Si6. The summed E-state index contributed by atoms with van der Waals surface area (Å²) in [7, 11) is -22.6. The van der Waals surface area contributed by atoms with Crippen molar-refractivity contribution in [1.82, 2.24) is 0 Å². The number of aliphatic hydroxyl groups excluding tert-OH is 4. The third-order valence-corrected chi connectivity index (χ3v) is 27.4. The lowest BCUT2D eigenvalue weighted by atomic mass is 11.7. The molecule has 21 heteroatoms. The van der Waals surface area contributed by atoms with Gasteiger partial charge >= 0.3 is 53.3 Å². The van der Waals surface area contributed by atoms with Gasteiger partial charge in [-0.3, -0.25) is 0 Å². The average Bonchev–Trinajstić information content (AvgIpc) is 2.66. The Morgan fingerprint density at radius 1 is 0.481 bits per heavy atom. The second-order valence-corrected chi connectivity index (χ2v) is 22.6. The third-order valence-electron chi connectivity index (χ3n) is 3.89. The predicted octanol–water partition coefficient (Wildman–Crippen LogP) is -4.76. The van der Waals surface area contributed by atoms with Crippen molar-refractivity contribution in [2.45, 2.75) is 0 Å². The second kappa shape index (κ2) is 6.60. The van der Waals surface area contributed by atoms with Crippen LogP contribution in [0.25, 0.3) is 0 Å². The Hall–Kier alpha value is 0.701. The standard InChI is InChI=1S/C6H18O15Si6/c1-11-26-17-22(3-7)13-23(4-8,18-26)16-25(6-10)14-24(5-9,15-22)19-27(12-2,20-25)21-26/h7-10H,3-6H2,1-2H3. The number of hydrogen-bond acceptors (Lipinski definition) is 15. The van der Waals surface area contributed by atoms with Crippen molar-refractivity contribution in [2.24, 2.45) is 0 Å². The van der Waals surface area contributed by atoms with E-state index in [1.165, 1.54) is 14.2 Å².